The monoisotopic (exact) mass is 253 g/mol. The molecule has 18 heavy (non-hydrogen) atoms. The molecule has 3 nitrogen and oxygen atoms in total. The van der Waals surface area contributed by atoms with Gasteiger partial charge in [-0.05, 0) is 26.3 Å². The summed E-state index contributed by atoms with van der Waals surface area (Å²) in [5.41, 5.74) is 0.572. The molecule has 4 heteroatoms. The number of methoxy groups -OCH3 is 1. The van der Waals surface area contributed by atoms with Gasteiger partial charge in [0, 0.05) is 30.3 Å². The van der Waals surface area contributed by atoms with Gasteiger partial charge in [0.1, 0.15) is 11.6 Å². The predicted octanol–water partition coefficient (Wildman–Crippen LogP) is 2.49. The van der Waals surface area contributed by atoms with Gasteiger partial charge in [-0.3, -0.25) is 0 Å². The van der Waals surface area contributed by atoms with Crippen molar-refractivity contribution in [3.63, 3.8) is 0 Å². The Bertz CT molecular complexity index is 424. The van der Waals surface area contributed by atoms with Crippen LogP contribution in [0, 0.1) is 5.82 Å². The largest absolute Gasteiger partial charge is 0.497 e. The Morgan fingerprint density at radius 1 is 1.56 bits per heavy atom. The molecule has 0 amide bonds. The molecule has 1 fully saturated rings. The van der Waals surface area contributed by atoms with Crippen LogP contribution in [0.5, 0.6) is 5.75 Å². The number of rotatable bonds is 4. The van der Waals surface area contributed by atoms with E-state index in [1.54, 1.807) is 12.1 Å². The van der Waals surface area contributed by atoms with Crippen LogP contribution in [-0.4, -0.2) is 25.4 Å². The van der Waals surface area contributed by atoms with Crippen molar-refractivity contribution < 1.29 is 13.9 Å². The van der Waals surface area contributed by atoms with Gasteiger partial charge in [-0.2, -0.15) is 0 Å². The quantitative estimate of drug-likeness (QED) is 0.894. The van der Waals surface area contributed by atoms with Crippen molar-refractivity contribution in [1.29, 1.82) is 0 Å². The summed E-state index contributed by atoms with van der Waals surface area (Å²) in [6.45, 7) is 5.42. The lowest BCUT2D eigenvalue weighted by atomic mass is 9.94. The highest BCUT2D eigenvalue weighted by molar-refractivity contribution is 5.29. The van der Waals surface area contributed by atoms with E-state index in [1.165, 1.54) is 13.2 Å². The topological polar surface area (TPSA) is 30.5 Å². The van der Waals surface area contributed by atoms with Crippen LogP contribution in [-0.2, 0) is 11.3 Å². The highest BCUT2D eigenvalue weighted by Gasteiger charge is 2.36. The van der Waals surface area contributed by atoms with Gasteiger partial charge in [0.05, 0.1) is 13.2 Å². The summed E-state index contributed by atoms with van der Waals surface area (Å²) in [6, 6.07) is 4.94. The first kappa shape index (κ1) is 13.3. The van der Waals surface area contributed by atoms with Crippen molar-refractivity contribution in [1.82, 2.24) is 5.32 Å². The van der Waals surface area contributed by atoms with Crippen molar-refractivity contribution in [3.8, 4) is 5.75 Å². The third-order valence-electron chi connectivity index (χ3n) is 3.83. The molecule has 0 radical (unpaired) electrons. The molecule has 0 bridgehead atoms. The van der Waals surface area contributed by atoms with Gasteiger partial charge in [-0.15, -0.1) is 0 Å². The van der Waals surface area contributed by atoms with Crippen LogP contribution >= 0.6 is 0 Å². The first-order chi connectivity index (χ1) is 8.55. The Hall–Kier alpha value is -1.13. The Labute approximate surface area is 107 Å². The van der Waals surface area contributed by atoms with Crippen LogP contribution in [0.4, 0.5) is 4.39 Å². The van der Waals surface area contributed by atoms with E-state index in [1.807, 2.05) is 6.92 Å². The minimum Gasteiger partial charge on any atom is -0.497 e. The molecule has 1 aromatic carbocycles. The molecule has 0 aliphatic carbocycles. The van der Waals surface area contributed by atoms with Gasteiger partial charge in [-0.1, -0.05) is 6.07 Å². The zero-order valence-corrected chi connectivity index (χ0v) is 11.1. The second-order valence-corrected chi connectivity index (χ2v) is 4.99. The molecule has 2 rings (SSSR count). The number of halogens is 1. The van der Waals surface area contributed by atoms with E-state index in [0.717, 1.165) is 13.0 Å². The molecule has 2 unspecified atom stereocenters. The summed E-state index contributed by atoms with van der Waals surface area (Å²) >= 11 is 0. The summed E-state index contributed by atoms with van der Waals surface area (Å²) < 4.78 is 24.3. The maximum absolute atomic E-state index is 13.8. The SMILES string of the molecule is COc1ccc(CNC2(C)CCOC2C)c(F)c1. The Kier molecular flexibility index (Phi) is 3.88. The highest BCUT2D eigenvalue weighted by Crippen LogP contribution is 2.26. The number of hydrogen-bond acceptors (Lipinski definition) is 3. The van der Waals surface area contributed by atoms with E-state index in [9.17, 15) is 4.39 Å². The molecule has 1 aromatic rings. The maximum Gasteiger partial charge on any atom is 0.131 e. The minimum absolute atomic E-state index is 0.0770. The van der Waals surface area contributed by atoms with Crippen molar-refractivity contribution in [2.24, 2.45) is 0 Å². The lowest BCUT2D eigenvalue weighted by Gasteiger charge is -2.29. The van der Waals surface area contributed by atoms with Gasteiger partial charge < -0.3 is 14.8 Å². The highest BCUT2D eigenvalue weighted by atomic mass is 19.1. The van der Waals surface area contributed by atoms with Crippen LogP contribution in [0.3, 0.4) is 0 Å². The third kappa shape index (κ3) is 2.65. The van der Waals surface area contributed by atoms with Crippen molar-refractivity contribution in [2.45, 2.75) is 38.5 Å². The first-order valence-corrected chi connectivity index (χ1v) is 6.24. The lowest BCUT2D eigenvalue weighted by molar-refractivity contribution is 0.0880. The van der Waals surface area contributed by atoms with Gasteiger partial charge in [0.2, 0.25) is 0 Å². The predicted molar refractivity (Wildman–Crippen MR) is 68.2 cm³/mol. The van der Waals surface area contributed by atoms with Crippen LogP contribution in [0.15, 0.2) is 18.2 Å². The molecular formula is C14H20FNO2. The van der Waals surface area contributed by atoms with Crippen LogP contribution < -0.4 is 10.1 Å². The second kappa shape index (κ2) is 5.24. The summed E-state index contributed by atoms with van der Waals surface area (Å²) in [7, 11) is 1.53. The average molecular weight is 253 g/mol. The van der Waals surface area contributed by atoms with Crippen molar-refractivity contribution >= 4 is 0 Å². The fraction of sp³-hybridized carbons (Fsp3) is 0.571. The number of hydrogen-bond donors (Lipinski definition) is 1. The van der Waals surface area contributed by atoms with Crippen LogP contribution in [0.25, 0.3) is 0 Å². The van der Waals surface area contributed by atoms with E-state index in [4.69, 9.17) is 9.47 Å². The molecule has 2 atom stereocenters. The number of benzene rings is 1. The van der Waals surface area contributed by atoms with E-state index >= 15 is 0 Å². The van der Waals surface area contributed by atoms with E-state index in [2.05, 4.69) is 12.2 Å². The third-order valence-corrected chi connectivity index (χ3v) is 3.83. The van der Waals surface area contributed by atoms with E-state index in [0.29, 0.717) is 17.9 Å². The average Bonchev–Trinajstić information content (AvgIpc) is 2.68. The molecule has 1 aliphatic rings. The van der Waals surface area contributed by atoms with Gasteiger partial charge in [0.15, 0.2) is 0 Å². The molecule has 0 aromatic heterocycles. The summed E-state index contributed by atoms with van der Waals surface area (Å²) in [4.78, 5) is 0. The lowest BCUT2D eigenvalue weighted by Crippen LogP contribution is -2.47. The van der Waals surface area contributed by atoms with Gasteiger partial charge in [-0.25, -0.2) is 4.39 Å². The fourth-order valence-corrected chi connectivity index (χ4v) is 2.16. The number of nitrogens with one attached hydrogen (secondary N) is 1. The summed E-state index contributed by atoms with van der Waals surface area (Å²) in [6.07, 6.45) is 1.10. The zero-order chi connectivity index (χ0) is 13.2. The van der Waals surface area contributed by atoms with Crippen molar-refractivity contribution in [3.05, 3.63) is 29.6 Å². The molecule has 100 valence electrons. The van der Waals surface area contributed by atoms with Crippen molar-refractivity contribution in [2.75, 3.05) is 13.7 Å². The first-order valence-electron chi connectivity index (χ1n) is 6.24. The van der Waals surface area contributed by atoms with Crippen LogP contribution in [0.1, 0.15) is 25.8 Å². The Morgan fingerprint density at radius 3 is 2.89 bits per heavy atom. The maximum atomic E-state index is 13.8. The van der Waals surface area contributed by atoms with Crippen LogP contribution in [0.2, 0.25) is 0 Å². The van der Waals surface area contributed by atoms with Gasteiger partial charge >= 0.3 is 0 Å². The Morgan fingerprint density at radius 2 is 2.33 bits per heavy atom. The van der Waals surface area contributed by atoms with E-state index < -0.39 is 0 Å². The summed E-state index contributed by atoms with van der Waals surface area (Å²) in [5, 5.41) is 3.40. The molecule has 1 saturated heterocycles. The molecule has 1 N–H and O–H groups in total. The minimum atomic E-state index is -0.239. The fourth-order valence-electron chi connectivity index (χ4n) is 2.16. The molecule has 0 spiro atoms. The molecule has 0 saturated carbocycles. The van der Waals surface area contributed by atoms with E-state index in [-0.39, 0.29) is 17.5 Å². The molecule has 1 heterocycles. The standard InChI is InChI=1S/C14H20FNO2/c1-10-14(2,6-7-18-10)16-9-11-4-5-12(17-3)8-13(11)15/h4-5,8,10,16H,6-7,9H2,1-3H3. The zero-order valence-electron chi connectivity index (χ0n) is 11.1. The summed E-state index contributed by atoms with van der Waals surface area (Å²) in [5.74, 6) is 0.303. The molecular weight excluding hydrogens is 233 g/mol. The molecule has 1 aliphatic heterocycles. The van der Waals surface area contributed by atoms with Gasteiger partial charge in [0.25, 0.3) is 0 Å². The second-order valence-electron chi connectivity index (χ2n) is 4.99. The number of ether oxygens (including phenoxy) is 2. The normalized spacial score (nSPS) is 27.4. The smallest absolute Gasteiger partial charge is 0.131 e. The Balaban J connectivity index is 2.02.